The molecule has 0 aliphatic rings. The van der Waals surface area contributed by atoms with E-state index in [1.54, 1.807) is 19.9 Å². The van der Waals surface area contributed by atoms with Crippen LogP contribution in [0.5, 0.6) is 5.75 Å². The summed E-state index contributed by atoms with van der Waals surface area (Å²) in [5.41, 5.74) is 2.00. The van der Waals surface area contributed by atoms with Crippen LogP contribution in [0.3, 0.4) is 0 Å². The largest absolute Gasteiger partial charge is 0.507 e. The van der Waals surface area contributed by atoms with Gasteiger partial charge in [0, 0.05) is 5.56 Å². The lowest BCUT2D eigenvalue weighted by Gasteiger charge is -2.01. The van der Waals surface area contributed by atoms with Crippen LogP contribution in [-0.2, 0) is 0 Å². The van der Waals surface area contributed by atoms with Gasteiger partial charge in [-0.05, 0) is 25.5 Å². The molecule has 0 radical (unpaired) electrons. The molecule has 0 aliphatic heterocycles. The maximum absolute atomic E-state index is 10.9. The number of benzene rings is 1. The van der Waals surface area contributed by atoms with Crippen molar-refractivity contribution >= 4 is 21.6 Å². The predicted octanol–water partition coefficient (Wildman–Crippen LogP) is 2.18. The Balaban J connectivity index is 3.00. The van der Waals surface area contributed by atoms with Crippen molar-refractivity contribution in [3.8, 4) is 5.75 Å². The molecule has 1 aromatic carbocycles. The van der Waals surface area contributed by atoms with Gasteiger partial charge in [-0.1, -0.05) is 11.3 Å². The Morgan fingerprint density at radius 3 is 2.85 bits per heavy atom. The molecule has 2 aromatic rings. The first-order chi connectivity index (χ1) is 6.09. The number of hydrogen-bond donors (Lipinski definition) is 1. The molecular weight excluding hydrogens is 188 g/mol. The van der Waals surface area contributed by atoms with Crippen LogP contribution < -0.4 is 4.94 Å². The molecule has 68 valence electrons. The van der Waals surface area contributed by atoms with Crippen LogP contribution in [0.4, 0.5) is 0 Å². The number of aryl methyl sites for hydroxylation is 2. The van der Waals surface area contributed by atoms with Crippen LogP contribution in [0, 0.1) is 13.8 Å². The van der Waals surface area contributed by atoms with E-state index in [2.05, 4.69) is 0 Å². The molecule has 0 atom stereocenters. The molecular formula is C9H8O3S. The summed E-state index contributed by atoms with van der Waals surface area (Å²) in [6.45, 7) is 3.55. The minimum atomic E-state index is -0.330. The van der Waals surface area contributed by atoms with E-state index < -0.39 is 0 Å². The quantitative estimate of drug-likeness (QED) is 0.702. The van der Waals surface area contributed by atoms with Crippen LogP contribution in [0.2, 0.25) is 0 Å². The lowest BCUT2D eigenvalue weighted by Crippen LogP contribution is -1.80. The number of fused-ring (bicyclic) bond motifs is 1. The molecule has 0 amide bonds. The number of rotatable bonds is 0. The summed E-state index contributed by atoms with van der Waals surface area (Å²) in [6, 6.07) is 1.68. The molecule has 0 saturated heterocycles. The first kappa shape index (κ1) is 8.31. The van der Waals surface area contributed by atoms with Gasteiger partial charge in [0.2, 0.25) is 0 Å². The Bertz CT molecular complexity index is 521. The van der Waals surface area contributed by atoms with Gasteiger partial charge in [0.1, 0.15) is 11.3 Å². The first-order valence-corrected chi connectivity index (χ1v) is 4.64. The van der Waals surface area contributed by atoms with Crippen LogP contribution >= 0.6 is 11.3 Å². The highest BCUT2D eigenvalue weighted by molar-refractivity contribution is 7.16. The van der Waals surface area contributed by atoms with Gasteiger partial charge in [0.05, 0.1) is 4.70 Å². The molecule has 0 spiro atoms. The Hall–Kier alpha value is -1.29. The van der Waals surface area contributed by atoms with Crippen LogP contribution in [0.25, 0.3) is 10.3 Å². The Labute approximate surface area is 78.2 Å². The van der Waals surface area contributed by atoms with Gasteiger partial charge in [-0.25, -0.2) is 4.79 Å². The lowest BCUT2D eigenvalue weighted by molar-refractivity contribution is 0.467. The molecule has 1 N–H and O–H groups in total. The standard InChI is InChI=1S/C9H8O3S/c1-4-3-6-8(5(2)7(4)10)13-9(11)12-6/h3,10H,1-2H3. The maximum Gasteiger partial charge on any atom is 0.396 e. The number of phenolic OH excluding ortho intramolecular Hbond substituents is 1. The summed E-state index contributed by atoms with van der Waals surface area (Å²) in [5, 5.41) is 9.58. The fraction of sp³-hybridized carbons (Fsp3) is 0.222. The molecule has 13 heavy (non-hydrogen) atoms. The summed E-state index contributed by atoms with van der Waals surface area (Å²) >= 11 is 1.02. The molecule has 0 aliphatic carbocycles. The third-order valence-corrected chi connectivity index (χ3v) is 2.98. The summed E-state index contributed by atoms with van der Waals surface area (Å²) in [5.74, 6) is 0.240. The van der Waals surface area contributed by atoms with Gasteiger partial charge in [0.15, 0.2) is 0 Å². The fourth-order valence-corrected chi connectivity index (χ4v) is 2.06. The van der Waals surface area contributed by atoms with E-state index in [0.717, 1.165) is 21.6 Å². The van der Waals surface area contributed by atoms with Crippen molar-refractivity contribution in [2.45, 2.75) is 13.8 Å². The van der Waals surface area contributed by atoms with Crippen LogP contribution in [0.15, 0.2) is 15.3 Å². The smallest absolute Gasteiger partial charge is 0.396 e. The van der Waals surface area contributed by atoms with Gasteiger partial charge < -0.3 is 9.52 Å². The maximum atomic E-state index is 10.9. The Kier molecular flexibility index (Phi) is 1.66. The van der Waals surface area contributed by atoms with Crippen LogP contribution in [0.1, 0.15) is 11.1 Å². The summed E-state index contributed by atoms with van der Waals surface area (Å²) < 4.78 is 5.67. The lowest BCUT2D eigenvalue weighted by atomic mass is 10.1. The molecule has 2 rings (SSSR count). The van der Waals surface area contributed by atoms with Crippen molar-refractivity contribution in [2.75, 3.05) is 0 Å². The Morgan fingerprint density at radius 2 is 2.15 bits per heavy atom. The normalized spacial score (nSPS) is 10.9. The second-order valence-corrected chi connectivity index (χ2v) is 3.89. The molecule has 3 nitrogen and oxygen atoms in total. The van der Waals surface area contributed by atoms with E-state index in [1.807, 2.05) is 0 Å². The third-order valence-electron chi connectivity index (χ3n) is 2.02. The van der Waals surface area contributed by atoms with E-state index in [1.165, 1.54) is 0 Å². The second-order valence-electron chi connectivity index (χ2n) is 2.95. The number of hydrogen-bond acceptors (Lipinski definition) is 4. The van der Waals surface area contributed by atoms with Crippen molar-refractivity contribution in [3.05, 3.63) is 26.9 Å². The molecule has 0 bridgehead atoms. The summed E-state index contributed by atoms with van der Waals surface area (Å²) in [4.78, 5) is 10.6. The highest BCUT2D eigenvalue weighted by Crippen LogP contribution is 2.31. The average molecular weight is 196 g/mol. The van der Waals surface area contributed by atoms with Crippen molar-refractivity contribution in [2.24, 2.45) is 0 Å². The zero-order chi connectivity index (χ0) is 9.59. The van der Waals surface area contributed by atoms with E-state index in [9.17, 15) is 9.90 Å². The van der Waals surface area contributed by atoms with E-state index >= 15 is 0 Å². The van der Waals surface area contributed by atoms with Crippen molar-refractivity contribution in [3.63, 3.8) is 0 Å². The van der Waals surface area contributed by atoms with Gasteiger partial charge in [-0.15, -0.1) is 0 Å². The molecule has 0 fully saturated rings. The topological polar surface area (TPSA) is 50.4 Å². The van der Waals surface area contributed by atoms with E-state index in [4.69, 9.17) is 4.42 Å². The molecule has 1 heterocycles. The van der Waals surface area contributed by atoms with Gasteiger partial charge in [-0.2, -0.15) is 0 Å². The van der Waals surface area contributed by atoms with Crippen molar-refractivity contribution < 1.29 is 9.52 Å². The predicted molar refractivity (Wildman–Crippen MR) is 51.5 cm³/mol. The minimum absolute atomic E-state index is 0.240. The Morgan fingerprint density at radius 1 is 1.46 bits per heavy atom. The van der Waals surface area contributed by atoms with Crippen molar-refractivity contribution in [1.29, 1.82) is 0 Å². The number of phenols is 1. The van der Waals surface area contributed by atoms with Crippen molar-refractivity contribution in [1.82, 2.24) is 0 Å². The van der Waals surface area contributed by atoms with Gasteiger partial charge >= 0.3 is 4.94 Å². The highest BCUT2D eigenvalue weighted by Gasteiger charge is 2.10. The molecule has 1 aromatic heterocycles. The second kappa shape index (κ2) is 2.60. The highest BCUT2D eigenvalue weighted by atomic mass is 32.1. The SMILES string of the molecule is Cc1cc2oc(=O)sc2c(C)c1O. The fourth-order valence-electron chi connectivity index (χ4n) is 1.32. The zero-order valence-electron chi connectivity index (χ0n) is 7.25. The average Bonchev–Trinajstić information content (AvgIpc) is 2.42. The first-order valence-electron chi connectivity index (χ1n) is 3.82. The zero-order valence-corrected chi connectivity index (χ0v) is 8.07. The third kappa shape index (κ3) is 1.14. The summed E-state index contributed by atoms with van der Waals surface area (Å²) in [7, 11) is 0. The summed E-state index contributed by atoms with van der Waals surface area (Å²) in [6.07, 6.45) is 0. The van der Waals surface area contributed by atoms with Gasteiger partial charge in [0.25, 0.3) is 0 Å². The van der Waals surface area contributed by atoms with Gasteiger partial charge in [-0.3, -0.25) is 0 Å². The number of aromatic hydroxyl groups is 1. The minimum Gasteiger partial charge on any atom is -0.507 e. The molecule has 4 heteroatoms. The van der Waals surface area contributed by atoms with E-state index in [-0.39, 0.29) is 10.7 Å². The van der Waals surface area contributed by atoms with E-state index in [0.29, 0.717) is 11.1 Å². The monoisotopic (exact) mass is 196 g/mol. The molecule has 0 unspecified atom stereocenters. The van der Waals surface area contributed by atoms with Crippen LogP contribution in [-0.4, -0.2) is 5.11 Å². The molecule has 0 saturated carbocycles.